The molecular weight excluding hydrogens is 677 g/mol. The molecule has 0 aliphatic rings. The minimum absolute atomic E-state index is 0.129. The van der Waals surface area contributed by atoms with Gasteiger partial charge >= 0.3 is 17.9 Å². The minimum Gasteiger partial charge on any atom is -0.490 e. The molecule has 4 aromatic carbocycles. The van der Waals surface area contributed by atoms with Crippen molar-refractivity contribution in [2.45, 2.75) is 13.8 Å². The van der Waals surface area contributed by atoms with Crippen molar-refractivity contribution in [3.63, 3.8) is 0 Å². The molecule has 5 rings (SSSR count). The lowest BCUT2D eigenvalue weighted by Gasteiger charge is -2.09. The fraction of sp³-hybridized carbons (Fsp3) is 0.140. The molecule has 0 spiro atoms. The molecule has 1 aromatic heterocycles. The number of esters is 3. The molecule has 0 atom stereocenters. The van der Waals surface area contributed by atoms with Gasteiger partial charge in [0.05, 0.1) is 4.88 Å². The number of thiophene rings is 1. The molecule has 5 aromatic rings. The third-order valence-electron chi connectivity index (χ3n) is 7.36. The van der Waals surface area contributed by atoms with Gasteiger partial charge in [0.25, 0.3) is 0 Å². The first kappa shape index (κ1) is 36.7. The number of hydrogen-bond acceptors (Lipinski definition) is 9. The van der Waals surface area contributed by atoms with E-state index in [2.05, 4.69) is 36.8 Å². The molecule has 0 saturated heterocycles. The summed E-state index contributed by atoms with van der Waals surface area (Å²) in [6.07, 6.45) is 2.22. The van der Waals surface area contributed by atoms with Crippen LogP contribution in [0.1, 0.15) is 42.4 Å². The van der Waals surface area contributed by atoms with E-state index in [0.717, 1.165) is 55.6 Å². The largest absolute Gasteiger partial charge is 0.490 e. The highest BCUT2D eigenvalue weighted by molar-refractivity contribution is 7.14. The number of carbonyl (C=O) groups is 3. The molecule has 0 unspecified atom stereocenters. The fourth-order valence-corrected chi connectivity index (χ4v) is 5.54. The molecule has 0 aliphatic carbocycles. The minimum atomic E-state index is -0.491. The average molecular weight is 711 g/mol. The van der Waals surface area contributed by atoms with Gasteiger partial charge in [-0.3, -0.25) is 0 Å². The van der Waals surface area contributed by atoms with Crippen molar-refractivity contribution in [3.05, 3.63) is 148 Å². The van der Waals surface area contributed by atoms with Crippen LogP contribution in [-0.4, -0.2) is 44.3 Å². The molecule has 0 amide bonds. The predicted octanol–water partition coefficient (Wildman–Crippen LogP) is 7.75. The van der Waals surface area contributed by atoms with Crippen LogP contribution in [0.15, 0.2) is 110 Å². The SMILES string of the molecule is C=CC(=O)OCCOc1ccc(C#Cc2ccc3cc(OC(=O)c4ccc(C#Cc5ccc(OCCOC(=O)C=C)c(C)c5)s4)ccc3c2)cc1C. The first-order valence-electron chi connectivity index (χ1n) is 16.2. The zero-order valence-electron chi connectivity index (χ0n) is 28.7. The van der Waals surface area contributed by atoms with E-state index in [9.17, 15) is 14.4 Å². The van der Waals surface area contributed by atoms with Crippen LogP contribution < -0.4 is 14.2 Å². The monoisotopic (exact) mass is 710 g/mol. The van der Waals surface area contributed by atoms with Crippen LogP contribution in [0.25, 0.3) is 10.8 Å². The maximum atomic E-state index is 12.9. The van der Waals surface area contributed by atoms with E-state index in [4.69, 9.17) is 23.7 Å². The lowest BCUT2D eigenvalue weighted by molar-refractivity contribution is -0.139. The summed E-state index contributed by atoms with van der Waals surface area (Å²) in [5.74, 6) is 13.0. The summed E-state index contributed by atoms with van der Waals surface area (Å²) >= 11 is 1.26. The molecule has 0 N–H and O–H groups in total. The number of ether oxygens (including phenoxy) is 5. The third-order valence-corrected chi connectivity index (χ3v) is 8.35. The highest BCUT2D eigenvalue weighted by Crippen LogP contribution is 2.25. The maximum Gasteiger partial charge on any atom is 0.353 e. The van der Waals surface area contributed by atoms with Gasteiger partial charge in [0.2, 0.25) is 0 Å². The molecular formula is C43H34O8S. The summed E-state index contributed by atoms with van der Waals surface area (Å²) < 4.78 is 26.9. The molecule has 1 heterocycles. The van der Waals surface area contributed by atoms with Crippen molar-refractivity contribution in [2.24, 2.45) is 0 Å². The molecule has 0 aliphatic heterocycles. The molecule has 0 saturated carbocycles. The topological polar surface area (TPSA) is 97.4 Å². The van der Waals surface area contributed by atoms with Crippen molar-refractivity contribution >= 4 is 40.0 Å². The number of carbonyl (C=O) groups excluding carboxylic acids is 3. The molecule has 0 radical (unpaired) electrons. The standard InChI is InChI=1S/C43H34O8S/c1-5-41(44)49-23-21-47-38-18-11-31(25-29(38)3)7-8-33-9-13-35-28-36(15-14-34(35)27-33)51-43(46)40-20-17-37(52-40)16-10-32-12-19-39(30(4)26-32)48-22-24-50-42(45)6-2/h5-6,9,11-15,17-20,25-28H,1-2,21-24H2,3-4H3. The van der Waals surface area contributed by atoms with Gasteiger partial charge in [-0.25, -0.2) is 14.4 Å². The van der Waals surface area contributed by atoms with Gasteiger partial charge in [0.15, 0.2) is 0 Å². The summed E-state index contributed by atoms with van der Waals surface area (Å²) in [4.78, 5) is 36.4. The molecule has 8 nitrogen and oxygen atoms in total. The van der Waals surface area contributed by atoms with Gasteiger partial charge in [-0.2, -0.15) is 0 Å². The van der Waals surface area contributed by atoms with Crippen LogP contribution in [-0.2, 0) is 19.1 Å². The number of fused-ring (bicyclic) bond motifs is 1. The molecule has 0 bridgehead atoms. The number of rotatable bonds is 12. The quantitative estimate of drug-likeness (QED) is 0.0427. The van der Waals surface area contributed by atoms with Gasteiger partial charge in [-0.15, -0.1) is 11.3 Å². The summed E-state index contributed by atoms with van der Waals surface area (Å²) in [7, 11) is 0. The number of benzene rings is 4. The second kappa shape index (κ2) is 17.9. The van der Waals surface area contributed by atoms with Gasteiger partial charge in [-0.05, 0) is 109 Å². The Morgan fingerprint density at radius 1 is 0.615 bits per heavy atom. The Labute approximate surface area is 306 Å². The smallest absolute Gasteiger partial charge is 0.353 e. The van der Waals surface area contributed by atoms with E-state index >= 15 is 0 Å². The fourth-order valence-electron chi connectivity index (χ4n) is 4.80. The Balaban J connectivity index is 1.15. The van der Waals surface area contributed by atoms with Crippen LogP contribution >= 0.6 is 11.3 Å². The zero-order chi connectivity index (χ0) is 36.9. The van der Waals surface area contributed by atoms with E-state index in [1.54, 1.807) is 18.2 Å². The van der Waals surface area contributed by atoms with Crippen molar-refractivity contribution in [2.75, 3.05) is 26.4 Å². The Kier molecular flexibility index (Phi) is 12.6. The van der Waals surface area contributed by atoms with Crippen LogP contribution in [0.3, 0.4) is 0 Å². The highest BCUT2D eigenvalue weighted by Gasteiger charge is 2.12. The maximum absolute atomic E-state index is 12.9. The van der Waals surface area contributed by atoms with Crippen molar-refractivity contribution in [3.8, 4) is 40.9 Å². The Hall–Kier alpha value is -6.55. The lowest BCUT2D eigenvalue weighted by Crippen LogP contribution is -2.10. The van der Waals surface area contributed by atoms with E-state index in [1.165, 1.54) is 11.3 Å². The van der Waals surface area contributed by atoms with Gasteiger partial charge in [0.1, 0.15) is 48.6 Å². The molecule has 52 heavy (non-hydrogen) atoms. The van der Waals surface area contributed by atoms with Crippen molar-refractivity contribution in [1.29, 1.82) is 0 Å². The van der Waals surface area contributed by atoms with E-state index in [0.29, 0.717) is 22.1 Å². The van der Waals surface area contributed by atoms with Gasteiger partial charge in [-0.1, -0.05) is 49.0 Å². The first-order chi connectivity index (χ1) is 25.2. The summed E-state index contributed by atoms with van der Waals surface area (Å²) in [6.45, 7) is 11.3. The second-order valence-electron chi connectivity index (χ2n) is 11.2. The second-order valence-corrected chi connectivity index (χ2v) is 12.3. The highest BCUT2D eigenvalue weighted by atomic mass is 32.1. The Bertz CT molecular complexity index is 2280. The van der Waals surface area contributed by atoms with Crippen LogP contribution in [0.5, 0.6) is 17.2 Å². The Morgan fingerprint density at radius 2 is 1.13 bits per heavy atom. The lowest BCUT2D eigenvalue weighted by atomic mass is 10.1. The molecule has 0 fully saturated rings. The Morgan fingerprint density at radius 3 is 1.71 bits per heavy atom. The van der Waals surface area contributed by atoms with E-state index in [1.807, 2.05) is 80.6 Å². The van der Waals surface area contributed by atoms with Crippen molar-refractivity contribution in [1.82, 2.24) is 0 Å². The normalized spacial score (nSPS) is 10.1. The summed E-state index contributed by atoms with van der Waals surface area (Å²) in [5, 5.41) is 1.87. The predicted molar refractivity (Wildman–Crippen MR) is 201 cm³/mol. The van der Waals surface area contributed by atoms with Crippen molar-refractivity contribution < 1.29 is 38.1 Å². The average Bonchev–Trinajstić information content (AvgIpc) is 3.64. The van der Waals surface area contributed by atoms with Gasteiger partial charge < -0.3 is 23.7 Å². The number of hydrogen-bond donors (Lipinski definition) is 0. The first-order valence-corrected chi connectivity index (χ1v) is 17.0. The van der Waals surface area contributed by atoms with Crippen LogP contribution in [0.4, 0.5) is 0 Å². The van der Waals surface area contributed by atoms with Crippen LogP contribution in [0.2, 0.25) is 0 Å². The van der Waals surface area contributed by atoms with Gasteiger partial charge in [0, 0.05) is 28.8 Å². The molecule has 9 heteroatoms. The number of aryl methyl sites for hydroxylation is 2. The third kappa shape index (κ3) is 10.5. The summed E-state index contributed by atoms with van der Waals surface area (Å²) in [5.41, 5.74) is 4.29. The van der Waals surface area contributed by atoms with Crippen LogP contribution in [0, 0.1) is 37.5 Å². The zero-order valence-corrected chi connectivity index (χ0v) is 29.5. The van der Waals surface area contributed by atoms with E-state index < -0.39 is 17.9 Å². The summed E-state index contributed by atoms with van der Waals surface area (Å²) in [6, 6.07) is 26.1. The molecule has 260 valence electrons. The van der Waals surface area contributed by atoms with E-state index in [-0.39, 0.29) is 26.4 Å².